The zero-order valence-electron chi connectivity index (χ0n) is 9.20. The molecule has 2 heteroatoms. The van der Waals surface area contributed by atoms with Crippen LogP contribution in [0, 0.1) is 6.92 Å². The molecule has 0 unspecified atom stereocenters. The van der Waals surface area contributed by atoms with E-state index in [-0.39, 0.29) is 0 Å². The summed E-state index contributed by atoms with van der Waals surface area (Å²) in [5.41, 5.74) is 3.10. The number of furan rings is 1. The van der Waals surface area contributed by atoms with Gasteiger partial charge in [-0.05, 0) is 31.5 Å². The Morgan fingerprint density at radius 3 is 2.80 bits per heavy atom. The molecule has 1 aromatic carbocycles. The average Bonchev–Trinajstić information content (AvgIpc) is 2.56. The number of rotatable bonds is 2. The predicted octanol–water partition coefficient (Wildman–Crippen LogP) is 3.78. The lowest BCUT2D eigenvalue weighted by atomic mass is 10.1. The Bertz CT molecular complexity index is 506. The lowest BCUT2D eigenvalue weighted by Gasteiger charge is -1.93. The second-order valence-electron chi connectivity index (χ2n) is 3.47. The van der Waals surface area contributed by atoms with E-state index in [1.165, 1.54) is 5.56 Å². The Kier molecular flexibility index (Phi) is 2.50. The van der Waals surface area contributed by atoms with E-state index in [2.05, 4.69) is 12.1 Å². The highest BCUT2D eigenvalue weighted by Gasteiger charge is 2.10. The molecule has 0 bridgehead atoms. The minimum Gasteiger partial charge on any atom is -0.468 e. The number of hydrogen-bond acceptors (Lipinski definition) is 2. The summed E-state index contributed by atoms with van der Waals surface area (Å²) in [6, 6.07) is 6.11. The third-order valence-electron chi connectivity index (χ3n) is 2.46. The molecule has 0 N–H and O–H groups in total. The van der Waals surface area contributed by atoms with Crippen molar-refractivity contribution in [3.63, 3.8) is 0 Å². The molecule has 78 valence electrons. The first-order valence-corrected chi connectivity index (χ1v) is 4.96. The van der Waals surface area contributed by atoms with Crippen LogP contribution in [-0.2, 0) is 0 Å². The molecule has 0 aliphatic rings. The summed E-state index contributed by atoms with van der Waals surface area (Å²) in [4.78, 5) is 0. The number of ether oxygens (including phenoxy) is 1. The molecule has 0 saturated carbocycles. The van der Waals surface area contributed by atoms with Crippen molar-refractivity contribution in [2.75, 3.05) is 7.11 Å². The third-order valence-corrected chi connectivity index (χ3v) is 2.46. The molecule has 15 heavy (non-hydrogen) atoms. The number of aryl methyl sites for hydroxylation is 1. The van der Waals surface area contributed by atoms with E-state index < -0.39 is 0 Å². The maximum atomic E-state index is 5.53. The van der Waals surface area contributed by atoms with Crippen LogP contribution in [0.2, 0.25) is 0 Å². The van der Waals surface area contributed by atoms with Gasteiger partial charge in [-0.2, -0.15) is 0 Å². The highest BCUT2D eigenvalue weighted by atomic mass is 16.6. The minimum atomic E-state index is 0.600. The van der Waals surface area contributed by atoms with Gasteiger partial charge >= 0.3 is 0 Å². The molecule has 1 heterocycles. The summed E-state index contributed by atoms with van der Waals surface area (Å²) in [7, 11) is 1.62. The van der Waals surface area contributed by atoms with Gasteiger partial charge in [-0.15, -0.1) is 0 Å². The van der Waals surface area contributed by atoms with E-state index in [0.717, 1.165) is 16.5 Å². The molecule has 0 amide bonds. The van der Waals surface area contributed by atoms with Gasteiger partial charge in [0.2, 0.25) is 0 Å². The maximum absolute atomic E-state index is 5.53. The number of benzene rings is 1. The first-order valence-electron chi connectivity index (χ1n) is 4.96. The second kappa shape index (κ2) is 3.81. The van der Waals surface area contributed by atoms with Gasteiger partial charge in [-0.1, -0.05) is 18.2 Å². The highest BCUT2D eigenvalue weighted by Crippen LogP contribution is 2.31. The topological polar surface area (TPSA) is 22.4 Å². The van der Waals surface area contributed by atoms with Crippen LogP contribution in [0.1, 0.15) is 18.1 Å². The summed E-state index contributed by atoms with van der Waals surface area (Å²) in [6.07, 6.45) is 4.09. The minimum absolute atomic E-state index is 0.600. The Morgan fingerprint density at radius 1 is 1.33 bits per heavy atom. The van der Waals surface area contributed by atoms with Crippen LogP contribution in [0.5, 0.6) is 5.95 Å². The summed E-state index contributed by atoms with van der Waals surface area (Å²) in [5, 5.41) is 1.11. The first-order chi connectivity index (χ1) is 7.26. The van der Waals surface area contributed by atoms with Crippen molar-refractivity contribution in [3.05, 3.63) is 35.4 Å². The summed E-state index contributed by atoms with van der Waals surface area (Å²) >= 11 is 0. The molecule has 2 nitrogen and oxygen atoms in total. The van der Waals surface area contributed by atoms with Crippen LogP contribution in [0.3, 0.4) is 0 Å². The molecule has 0 atom stereocenters. The molecule has 0 saturated heterocycles. The van der Waals surface area contributed by atoms with Crippen LogP contribution in [-0.4, -0.2) is 7.11 Å². The largest absolute Gasteiger partial charge is 0.468 e. The molecular formula is C13H14O2. The lowest BCUT2D eigenvalue weighted by molar-refractivity contribution is 0.313. The quantitative estimate of drug-likeness (QED) is 0.739. The van der Waals surface area contributed by atoms with Crippen molar-refractivity contribution in [1.82, 2.24) is 0 Å². The predicted molar refractivity (Wildman–Crippen MR) is 62.2 cm³/mol. The number of hydrogen-bond donors (Lipinski definition) is 0. The zero-order valence-corrected chi connectivity index (χ0v) is 9.20. The van der Waals surface area contributed by atoms with Gasteiger partial charge in [-0.3, -0.25) is 0 Å². The number of fused-ring (bicyclic) bond motifs is 1. The number of allylic oxidation sites excluding steroid dienone is 1. The van der Waals surface area contributed by atoms with Crippen LogP contribution >= 0.6 is 0 Å². The fourth-order valence-electron chi connectivity index (χ4n) is 1.71. The molecule has 2 rings (SSSR count). The molecular weight excluding hydrogens is 188 g/mol. The fraction of sp³-hybridized carbons (Fsp3) is 0.231. The molecule has 0 aliphatic carbocycles. The van der Waals surface area contributed by atoms with Crippen molar-refractivity contribution < 1.29 is 9.15 Å². The van der Waals surface area contributed by atoms with Crippen LogP contribution in [0.25, 0.3) is 17.0 Å². The lowest BCUT2D eigenvalue weighted by Crippen LogP contribution is -1.80. The monoisotopic (exact) mass is 202 g/mol. The van der Waals surface area contributed by atoms with E-state index >= 15 is 0 Å². The zero-order chi connectivity index (χ0) is 10.8. The molecule has 0 radical (unpaired) electrons. The molecule has 0 spiro atoms. The van der Waals surface area contributed by atoms with Crippen LogP contribution in [0.15, 0.2) is 28.7 Å². The maximum Gasteiger partial charge on any atom is 0.288 e. The summed E-state index contributed by atoms with van der Waals surface area (Å²) < 4.78 is 10.7. The fourth-order valence-corrected chi connectivity index (χ4v) is 1.71. The van der Waals surface area contributed by atoms with Gasteiger partial charge in [0.15, 0.2) is 0 Å². The number of methoxy groups -OCH3 is 1. The molecule has 2 aromatic rings. The molecule has 0 aliphatic heterocycles. The Balaban J connectivity index is 2.64. The van der Waals surface area contributed by atoms with Crippen molar-refractivity contribution in [1.29, 1.82) is 0 Å². The van der Waals surface area contributed by atoms with Crippen LogP contribution in [0.4, 0.5) is 0 Å². The van der Waals surface area contributed by atoms with Crippen LogP contribution < -0.4 is 4.74 Å². The van der Waals surface area contributed by atoms with Crippen molar-refractivity contribution in [3.8, 4) is 5.95 Å². The van der Waals surface area contributed by atoms with E-state index in [1.807, 2.05) is 32.1 Å². The van der Waals surface area contributed by atoms with Gasteiger partial charge in [0, 0.05) is 10.9 Å². The van der Waals surface area contributed by atoms with E-state index in [9.17, 15) is 0 Å². The van der Waals surface area contributed by atoms with Crippen molar-refractivity contribution in [2.24, 2.45) is 0 Å². The van der Waals surface area contributed by atoms with Crippen molar-refractivity contribution in [2.45, 2.75) is 13.8 Å². The third kappa shape index (κ3) is 1.63. The van der Waals surface area contributed by atoms with E-state index in [4.69, 9.17) is 9.15 Å². The Hall–Kier alpha value is -1.70. The van der Waals surface area contributed by atoms with Gasteiger partial charge < -0.3 is 9.15 Å². The average molecular weight is 202 g/mol. The second-order valence-corrected chi connectivity index (χ2v) is 3.47. The molecule has 1 aromatic heterocycles. The summed E-state index contributed by atoms with van der Waals surface area (Å²) in [5.74, 6) is 0.600. The summed E-state index contributed by atoms with van der Waals surface area (Å²) in [6.45, 7) is 4.01. The van der Waals surface area contributed by atoms with Gasteiger partial charge in [0.25, 0.3) is 5.95 Å². The Morgan fingerprint density at radius 2 is 2.13 bits per heavy atom. The molecule has 0 fully saturated rings. The van der Waals surface area contributed by atoms with Gasteiger partial charge in [-0.25, -0.2) is 0 Å². The van der Waals surface area contributed by atoms with Crippen molar-refractivity contribution >= 4 is 17.0 Å². The van der Waals surface area contributed by atoms with Gasteiger partial charge in [0.1, 0.15) is 5.58 Å². The highest BCUT2D eigenvalue weighted by molar-refractivity contribution is 5.85. The normalized spacial score (nSPS) is 11.4. The first kappa shape index (κ1) is 9.84. The van der Waals surface area contributed by atoms with Gasteiger partial charge in [0.05, 0.1) is 7.11 Å². The standard InChI is InChI=1S/C13H14O2/c1-4-5-10-6-7-12-11(8-10)9(2)13(14-3)15-12/h4-8H,1-3H3/b5-4+. The SMILES string of the molecule is C/C=C/c1ccc2oc(OC)c(C)c2c1. The Labute approximate surface area is 89.2 Å². The van der Waals surface area contributed by atoms with E-state index in [1.54, 1.807) is 7.11 Å². The smallest absolute Gasteiger partial charge is 0.288 e. The van der Waals surface area contributed by atoms with E-state index in [0.29, 0.717) is 5.95 Å².